The Labute approximate surface area is 197 Å². The highest BCUT2D eigenvalue weighted by molar-refractivity contribution is 5.84. The van der Waals surface area contributed by atoms with E-state index in [-0.39, 0.29) is 10.8 Å². The Morgan fingerprint density at radius 1 is 0.765 bits per heavy atom. The normalized spacial score (nSPS) is 11.1. The molecule has 0 saturated heterocycles. The fourth-order valence-corrected chi connectivity index (χ4v) is 3.59. The molecular weight excluding hydrogens is 433 g/mol. The van der Waals surface area contributed by atoms with Gasteiger partial charge in [0.2, 0.25) is 0 Å². The summed E-state index contributed by atoms with van der Waals surface area (Å²) in [7, 11) is 0. The monoisotopic (exact) mass is 456 g/mol. The van der Waals surface area contributed by atoms with Crippen molar-refractivity contribution in [2.24, 2.45) is 0 Å². The van der Waals surface area contributed by atoms with Crippen molar-refractivity contribution in [3.8, 4) is 11.8 Å². The van der Waals surface area contributed by atoms with Crippen molar-refractivity contribution >= 4 is 10.8 Å². The molecule has 1 aromatic heterocycles. The van der Waals surface area contributed by atoms with Gasteiger partial charge in [-0.1, -0.05) is 42.2 Å². The predicted molar refractivity (Wildman–Crippen MR) is 129 cm³/mol. The molecule has 0 aliphatic carbocycles. The quantitative estimate of drug-likeness (QED) is 0.182. The van der Waals surface area contributed by atoms with Gasteiger partial charge in [0.1, 0.15) is 5.82 Å². The Morgan fingerprint density at radius 2 is 1.47 bits per heavy atom. The van der Waals surface area contributed by atoms with E-state index in [0.717, 1.165) is 54.3 Å². The Morgan fingerprint density at radius 3 is 2.21 bits per heavy atom. The smallest absolute Gasteiger partial charge is 0.195 e. The number of allylic oxidation sites excluding steroid dienone is 2. The van der Waals surface area contributed by atoms with Crippen LogP contribution in [0.2, 0.25) is 0 Å². The van der Waals surface area contributed by atoms with Crippen LogP contribution in [0.25, 0.3) is 10.8 Å². The van der Waals surface area contributed by atoms with Gasteiger partial charge in [0, 0.05) is 35.3 Å². The molecule has 0 bridgehead atoms. The number of nitrogens with zero attached hydrogens (tertiary/aromatic N) is 2. The van der Waals surface area contributed by atoms with Crippen LogP contribution >= 0.6 is 0 Å². The van der Waals surface area contributed by atoms with Crippen LogP contribution in [0.1, 0.15) is 41.4 Å². The molecule has 4 aromatic rings. The van der Waals surface area contributed by atoms with Gasteiger partial charge in [0.25, 0.3) is 0 Å². The third-order valence-corrected chi connectivity index (χ3v) is 5.51. The number of aromatic nitrogens is 2. The second kappa shape index (κ2) is 10.8. The first kappa shape index (κ1) is 23.3. The number of benzene rings is 3. The Bertz CT molecular complexity index is 1380. The molecule has 2 nitrogen and oxygen atoms in total. The summed E-state index contributed by atoms with van der Waals surface area (Å²) in [6.07, 6.45) is 11.5. The highest BCUT2D eigenvalue weighted by atomic mass is 19.2. The Hall–Kier alpha value is -3.91. The zero-order chi connectivity index (χ0) is 23.9. The summed E-state index contributed by atoms with van der Waals surface area (Å²) in [6.45, 7) is 2.01. The van der Waals surface area contributed by atoms with Gasteiger partial charge in [0.05, 0.1) is 0 Å². The van der Waals surface area contributed by atoms with Crippen molar-refractivity contribution < 1.29 is 13.2 Å². The van der Waals surface area contributed by atoms with E-state index in [2.05, 4.69) is 27.9 Å². The van der Waals surface area contributed by atoms with E-state index < -0.39 is 17.5 Å². The fourth-order valence-electron chi connectivity index (χ4n) is 3.59. The molecule has 0 N–H and O–H groups in total. The van der Waals surface area contributed by atoms with Crippen molar-refractivity contribution in [3.05, 3.63) is 119 Å². The van der Waals surface area contributed by atoms with Gasteiger partial charge >= 0.3 is 0 Å². The standard InChI is InChI=1S/C29H23F3N2/c1-2-3-4-5-23-18-33-27(34-19-23)15-13-21-8-6-20(7-9-21)10-11-22-12-14-25-24(16-22)17-26(30)29(32)28(25)31/h2-3,6-9,12,14,16-19H,4-5,13,15H2,1H3/b3-2+. The van der Waals surface area contributed by atoms with E-state index in [1.54, 1.807) is 12.1 Å². The number of aryl methyl sites for hydroxylation is 3. The molecule has 4 rings (SSSR count). The third-order valence-electron chi connectivity index (χ3n) is 5.51. The minimum atomic E-state index is -1.46. The molecule has 34 heavy (non-hydrogen) atoms. The summed E-state index contributed by atoms with van der Waals surface area (Å²) in [5.74, 6) is 3.01. The fraction of sp³-hybridized carbons (Fsp3) is 0.172. The number of halogens is 3. The van der Waals surface area contributed by atoms with Gasteiger partial charge in [-0.25, -0.2) is 23.1 Å². The molecule has 0 amide bonds. The average molecular weight is 457 g/mol. The molecule has 1 heterocycles. The van der Waals surface area contributed by atoms with Crippen LogP contribution in [0.4, 0.5) is 13.2 Å². The lowest BCUT2D eigenvalue weighted by atomic mass is 10.0. The number of fused-ring (bicyclic) bond motifs is 1. The summed E-state index contributed by atoms with van der Waals surface area (Å²) in [5, 5.41) is 0.299. The van der Waals surface area contributed by atoms with Crippen LogP contribution in [0.15, 0.2) is 73.1 Å². The van der Waals surface area contributed by atoms with E-state index in [9.17, 15) is 13.2 Å². The summed E-state index contributed by atoms with van der Waals surface area (Å²) in [6, 6.07) is 13.4. The van der Waals surface area contributed by atoms with Gasteiger partial charge < -0.3 is 0 Å². The van der Waals surface area contributed by atoms with Gasteiger partial charge in [-0.15, -0.1) is 0 Å². The molecule has 170 valence electrons. The van der Waals surface area contributed by atoms with Crippen molar-refractivity contribution in [3.63, 3.8) is 0 Å². The van der Waals surface area contributed by atoms with Gasteiger partial charge in [-0.3, -0.25) is 0 Å². The summed E-state index contributed by atoms with van der Waals surface area (Å²) in [5.41, 5.74) is 3.71. The molecule has 0 unspecified atom stereocenters. The van der Waals surface area contributed by atoms with Gasteiger partial charge in [-0.2, -0.15) is 0 Å². The summed E-state index contributed by atoms with van der Waals surface area (Å²) < 4.78 is 40.8. The largest absolute Gasteiger partial charge is 0.241 e. The van der Waals surface area contributed by atoms with Crippen LogP contribution in [-0.4, -0.2) is 9.97 Å². The zero-order valence-corrected chi connectivity index (χ0v) is 18.8. The molecule has 0 spiro atoms. The van der Waals surface area contributed by atoms with E-state index in [1.807, 2.05) is 49.7 Å². The maximum absolute atomic E-state index is 13.9. The van der Waals surface area contributed by atoms with E-state index in [0.29, 0.717) is 5.56 Å². The van der Waals surface area contributed by atoms with Crippen molar-refractivity contribution in [2.45, 2.75) is 32.6 Å². The first-order valence-corrected chi connectivity index (χ1v) is 11.1. The molecule has 0 aliphatic heterocycles. The van der Waals surface area contributed by atoms with Crippen LogP contribution in [0, 0.1) is 29.3 Å². The second-order valence-electron chi connectivity index (χ2n) is 7.98. The first-order valence-electron chi connectivity index (χ1n) is 11.1. The van der Waals surface area contributed by atoms with Crippen LogP contribution < -0.4 is 0 Å². The molecule has 3 aromatic carbocycles. The molecule has 0 atom stereocenters. The first-order chi connectivity index (χ1) is 16.5. The zero-order valence-electron chi connectivity index (χ0n) is 18.8. The second-order valence-corrected chi connectivity index (χ2v) is 7.98. The van der Waals surface area contributed by atoms with Crippen molar-refractivity contribution in [1.29, 1.82) is 0 Å². The van der Waals surface area contributed by atoms with Crippen LogP contribution in [0.5, 0.6) is 0 Å². The highest BCUT2D eigenvalue weighted by Crippen LogP contribution is 2.24. The number of hydrogen-bond donors (Lipinski definition) is 0. The maximum Gasteiger partial charge on any atom is 0.195 e. The molecular formula is C29H23F3N2. The lowest BCUT2D eigenvalue weighted by Crippen LogP contribution is -1.99. The third kappa shape index (κ3) is 5.71. The lowest BCUT2D eigenvalue weighted by Gasteiger charge is -2.03. The molecule has 0 aliphatic rings. The summed E-state index contributed by atoms with van der Waals surface area (Å²) in [4.78, 5) is 8.93. The highest BCUT2D eigenvalue weighted by Gasteiger charge is 2.13. The number of hydrogen-bond acceptors (Lipinski definition) is 2. The minimum Gasteiger partial charge on any atom is -0.241 e. The molecule has 5 heteroatoms. The predicted octanol–water partition coefficient (Wildman–Crippen LogP) is 6.74. The topological polar surface area (TPSA) is 25.8 Å². The summed E-state index contributed by atoms with van der Waals surface area (Å²) >= 11 is 0. The van der Waals surface area contributed by atoms with E-state index in [1.165, 1.54) is 6.07 Å². The van der Waals surface area contributed by atoms with Crippen LogP contribution in [-0.2, 0) is 19.3 Å². The molecule has 0 radical (unpaired) electrons. The Balaban J connectivity index is 1.38. The van der Waals surface area contributed by atoms with E-state index >= 15 is 0 Å². The average Bonchev–Trinajstić information content (AvgIpc) is 2.86. The van der Waals surface area contributed by atoms with Crippen LogP contribution in [0.3, 0.4) is 0 Å². The van der Waals surface area contributed by atoms with Gasteiger partial charge in [-0.05, 0) is 73.0 Å². The maximum atomic E-state index is 13.9. The minimum absolute atomic E-state index is 0.0288. The SMILES string of the molecule is C/C=C/CCc1cnc(CCc2ccc(C#Cc3ccc4c(F)c(F)c(F)cc4c3)cc2)nc1. The van der Waals surface area contributed by atoms with Crippen molar-refractivity contribution in [1.82, 2.24) is 9.97 Å². The molecule has 0 saturated carbocycles. The van der Waals surface area contributed by atoms with E-state index in [4.69, 9.17) is 0 Å². The van der Waals surface area contributed by atoms with Crippen molar-refractivity contribution in [2.75, 3.05) is 0 Å². The Kier molecular flexibility index (Phi) is 7.39. The lowest BCUT2D eigenvalue weighted by molar-refractivity contribution is 0.453. The van der Waals surface area contributed by atoms with Gasteiger partial charge in [0.15, 0.2) is 17.5 Å². The molecule has 0 fully saturated rings. The number of rotatable bonds is 6.